The van der Waals surface area contributed by atoms with E-state index in [2.05, 4.69) is 46.3 Å². The minimum absolute atomic E-state index is 0.0232. The van der Waals surface area contributed by atoms with Crippen molar-refractivity contribution >= 4 is 24.0 Å². The molecular formula is C48H58N8O6. The summed E-state index contributed by atoms with van der Waals surface area (Å²) in [4.78, 5) is 72.9. The fourth-order valence-corrected chi connectivity index (χ4v) is 9.78. The SMILES string of the molecule is COC(=O)N[C@H](C(=O)N1[C@H](c2ncc(-c3ccc(C#Cc4ccc(-c5cnc([C@@H]6CC7(CC7)[C@@H](C)N6C(=O)[C@@H](NC(=O)OC)C(C)C)[nH]5)cc4)cc3)[nH]2)CC2(CC2)[C@H]1C)C(C)C. The van der Waals surface area contributed by atoms with E-state index in [0.29, 0.717) is 0 Å². The topological polar surface area (TPSA) is 175 Å². The van der Waals surface area contributed by atoms with Crippen molar-refractivity contribution < 1.29 is 28.7 Å². The predicted octanol–water partition coefficient (Wildman–Crippen LogP) is 7.51. The van der Waals surface area contributed by atoms with Crippen LogP contribution in [0.3, 0.4) is 0 Å². The number of alkyl carbamates (subject to hydrolysis) is 2. The number of amides is 4. The molecular weight excluding hydrogens is 785 g/mol. The van der Waals surface area contributed by atoms with E-state index < -0.39 is 24.3 Å². The van der Waals surface area contributed by atoms with Crippen molar-refractivity contribution in [3.05, 3.63) is 83.7 Å². The molecule has 6 atom stereocenters. The Bertz CT molecular complexity index is 2220. The number of aromatic amines is 2. The fourth-order valence-electron chi connectivity index (χ4n) is 9.78. The number of nitrogens with one attached hydrogen (secondary N) is 4. The summed E-state index contributed by atoms with van der Waals surface area (Å²) in [5.74, 6) is 7.57. The van der Waals surface area contributed by atoms with Crippen LogP contribution >= 0.6 is 0 Å². The van der Waals surface area contributed by atoms with Gasteiger partial charge in [-0.05, 0) is 110 Å². The molecule has 2 aliphatic heterocycles. The van der Waals surface area contributed by atoms with Crippen LogP contribution in [0.1, 0.15) is 115 Å². The van der Waals surface area contributed by atoms with Gasteiger partial charge < -0.3 is 39.9 Å². The van der Waals surface area contributed by atoms with Gasteiger partial charge in [-0.2, -0.15) is 0 Å². The van der Waals surface area contributed by atoms with E-state index in [1.807, 2.05) is 98.4 Å². The Kier molecular flexibility index (Phi) is 11.4. The third-order valence-corrected chi connectivity index (χ3v) is 14.1. The molecule has 4 aliphatic rings. The number of hydrogen-bond donors (Lipinski definition) is 4. The molecule has 8 rings (SSSR count). The number of H-pyrrole nitrogens is 2. The molecule has 4 amide bonds. The molecule has 2 saturated heterocycles. The summed E-state index contributed by atoms with van der Waals surface area (Å²) in [7, 11) is 2.61. The lowest BCUT2D eigenvalue weighted by atomic mass is 9.96. The molecule has 2 saturated carbocycles. The maximum atomic E-state index is 14.0. The number of carbonyl (C=O) groups is 4. The first kappa shape index (κ1) is 42.6. The molecule has 0 unspecified atom stereocenters. The number of hydrogen-bond acceptors (Lipinski definition) is 8. The number of nitrogens with zero attached hydrogens (tertiary/aromatic N) is 4. The molecule has 326 valence electrons. The molecule has 0 radical (unpaired) electrons. The first-order chi connectivity index (χ1) is 29.7. The standard InChI is InChI=1S/C48H58N8O6/c1-27(2)39(53-45(59)61-7)43(57)55-29(5)47(19-20-47)23-37(55)41-49-25-35(51-41)33-15-11-31(12-16-33)9-10-32-13-17-34(18-14-32)36-26-50-42(52-36)38-24-48(21-22-48)30(6)56(38)44(58)40(28(3)4)54-46(60)62-8/h11-18,25-30,37-40H,19-24H2,1-8H3,(H,49,51)(H,50,52)(H,53,59)(H,54,60)/t29-,30-,37+,38+,39+,40+/m1/s1. The first-order valence-electron chi connectivity index (χ1n) is 21.8. The van der Waals surface area contributed by atoms with Crippen LogP contribution < -0.4 is 10.6 Å². The average molecular weight is 843 g/mol. The van der Waals surface area contributed by atoms with Gasteiger partial charge in [0.15, 0.2) is 0 Å². The molecule has 2 aromatic heterocycles. The van der Waals surface area contributed by atoms with E-state index in [0.717, 1.165) is 83.8 Å². The van der Waals surface area contributed by atoms with Crippen LogP contribution in [-0.2, 0) is 19.1 Å². The minimum Gasteiger partial charge on any atom is -0.453 e. The summed E-state index contributed by atoms with van der Waals surface area (Å²) < 4.78 is 9.66. The van der Waals surface area contributed by atoms with Crippen molar-refractivity contribution in [3.63, 3.8) is 0 Å². The number of rotatable bonds is 10. The molecule has 4 aromatic rings. The highest BCUT2D eigenvalue weighted by atomic mass is 16.5. The highest BCUT2D eigenvalue weighted by Gasteiger charge is 2.61. The summed E-state index contributed by atoms with van der Waals surface area (Å²) in [6.45, 7) is 11.9. The van der Waals surface area contributed by atoms with Crippen LogP contribution in [0.4, 0.5) is 9.59 Å². The fraction of sp³-hybridized carbons (Fsp3) is 0.500. The molecule has 14 heteroatoms. The molecule has 2 spiro atoms. The largest absolute Gasteiger partial charge is 0.453 e. The van der Waals surface area contributed by atoms with Crippen molar-refractivity contribution in [3.8, 4) is 34.4 Å². The molecule has 0 bridgehead atoms. The van der Waals surface area contributed by atoms with Gasteiger partial charge >= 0.3 is 12.2 Å². The predicted molar refractivity (Wildman–Crippen MR) is 233 cm³/mol. The molecule has 62 heavy (non-hydrogen) atoms. The molecule has 4 heterocycles. The molecule has 4 N–H and O–H groups in total. The van der Waals surface area contributed by atoms with Crippen molar-refractivity contribution in [1.29, 1.82) is 0 Å². The normalized spacial score (nSPS) is 22.6. The van der Waals surface area contributed by atoms with Crippen molar-refractivity contribution in [2.75, 3.05) is 14.2 Å². The second-order valence-electron chi connectivity index (χ2n) is 18.5. The molecule has 2 aromatic carbocycles. The number of carbonyl (C=O) groups excluding carboxylic acids is 4. The summed E-state index contributed by atoms with van der Waals surface area (Å²) in [5.41, 5.74) is 5.51. The van der Waals surface area contributed by atoms with Crippen LogP contribution in [0.5, 0.6) is 0 Å². The number of likely N-dealkylation sites (tertiary alicyclic amines) is 2. The lowest BCUT2D eigenvalue weighted by Crippen LogP contribution is -2.53. The summed E-state index contributed by atoms with van der Waals surface area (Å²) in [6.07, 6.45) is 8.33. The van der Waals surface area contributed by atoms with Gasteiger partial charge in [-0.3, -0.25) is 9.59 Å². The van der Waals surface area contributed by atoms with Gasteiger partial charge in [-0.1, -0.05) is 63.8 Å². The van der Waals surface area contributed by atoms with Crippen LogP contribution in [0.2, 0.25) is 0 Å². The van der Waals surface area contributed by atoms with E-state index >= 15 is 0 Å². The maximum absolute atomic E-state index is 14.0. The van der Waals surface area contributed by atoms with Crippen LogP contribution in [0.15, 0.2) is 60.9 Å². The number of benzene rings is 2. The van der Waals surface area contributed by atoms with E-state index in [9.17, 15) is 19.2 Å². The Morgan fingerprint density at radius 2 is 1.00 bits per heavy atom. The van der Waals surface area contributed by atoms with Gasteiger partial charge in [0.25, 0.3) is 0 Å². The van der Waals surface area contributed by atoms with Gasteiger partial charge in [-0.25, -0.2) is 19.6 Å². The van der Waals surface area contributed by atoms with Crippen LogP contribution in [0, 0.1) is 34.5 Å². The molecule has 2 aliphatic carbocycles. The van der Waals surface area contributed by atoms with Crippen LogP contribution in [-0.4, -0.2) is 92.1 Å². The van der Waals surface area contributed by atoms with Crippen molar-refractivity contribution in [1.82, 2.24) is 40.4 Å². The monoisotopic (exact) mass is 842 g/mol. The lowest BCUT2D eigenvalue weighted by Gasteiger charge is -2.33. The van der Waals surface area contributed by atoms with E-state index in [1.165, 1.54) is 14.2 Å². The van der Waals surface area contributed by atoms with E-state index in [1.54, 1.807) is 0 Å². The smallest absolute Gasteiger partial charge is 0.407 e. The Morgan fingerprint density at radius 3 is 1.31 bits per heavy atom. The zero-order valence-electron chi connectivity index (χ0n) is 36.9. The third kappa shape index (κ3) is 8.05. The third-order valence-electron chi connectivity index (χ3n) is 14.1. The highest BCUT2D eigenvalue weighted by molar-refractivity contribution is 5.88. The quantitative estimate of drug-likeness (QED) is 0.119. The molecule has 4 fully saturated rings. The van der Waals surface area contributed by atoms with Gasteiger partial charge in [0.05, 0.1) is 50.1 Å². The van der Waals surface area contributed by atoms with Gasteiger partial charge in [0, 0.05) is 23.2 Å². The van der Waals surface area contributed by atoms with Crippen molar-refractivity contribution in [2.45, 2.75) is 116 Å². The number of imidazole rings is 2. The van der Waals surface area contributed by atoms with Gasteiger partial charge in [0.2, 0.25) is 11.8 Å². The Labute approximate surface area is 363 Å². The maximum Gasteiger partial charge on any atom is 0.407 e. The first-order valence-corrected chi connectivity index (χ1v) is 21.8. The second-order valence-corrected chi connectivity index (χ2v) is 18.5. The number of aromatic nitrogens is 4. The molecule has 14 nitrogen and oxygen atoms in total. The zero-order chi connectivity index (χ0) is 44.1. The van der Waals surface area contributed by atoms with Crippen LogP contribution in [0.25, 0.3) is 22.5 Å². The lowest BCUT2D eigenvalue weighted by molar-refractivity contribution is -0.138. The van der Waals surface area contributed by atoms with E-state index in [-0.39, 0.29) is 58.6 Å². The second kappa shape index (κ2) is 16.6. The number of methoxy groups -OCH3 is 2. The van der Waals surface area contributed by atoms with E-state index in [4.69, 9.17) is 19.4 Å². The summed E-state index contributed by atoms with van der Waals surface area (Å²) in [6, 6.07) is 14.2. The number of ether oxygens (including phenoxy) is 2. The minimum atomic E-state index is -0.706. The summed E-state index contributed by atoms with van der Waals surface area (Å²) >= 11 is 0. The van der Waals surface area contributed by atoms with Gasteiger partial charge in [-0.15, -0.1) is 0 Å². The average Bonchev–Trinajstić information content (AvgIpc) is 4.00. The summed E-state index contributed by atoms with van der Waals surface area (Å²) in [5, 5.41) is 5.52. The Morgan fingerprint density at radius 1 is 0.645 bits per heavy atom. The van der Waals surface area contributed by atoms with Gasteiger partial charge in [0.1, 0.15) is 23.7 Å². The highest BCUT2D eigenvalue weighted by Crippen LogP contribution is 2.63. The Hall–Kier alpha value is -6.10. The van der Waals surface area contributed by atoms with Crippen molar-refractivity contribution in [2.24, 2.45) is 22.7 Å². The zero-order valence-corrected chi connectivity index (χ0v) is 36.9. The Balaban J connectivity index is 0.931.